The molecule has 2 fully saturated rings. The summed E-state index contributed by atoms with van der Waals surface area (Å²) in [7, 11) is 0. The lowest BCUT2D eigenvalue weighted by Gasteiger charge is -2.26. The van der Waals surface area contributed by atoms with E-state index in [1.54, 1.807) is 10.9 Å². The van der Waals surface area contributed by atoms with Gasteiger partial charge in [0.2, 0.25) is 0 Å². The van der Waals surface area contributed by atoms with E-state index in [0.29, 0.717) is 23.4 Å². The van der Waals surface area contributed by atoms with Crippen LogP contribution in [0, 0.1) is 0 Å². The fourth-order valence-corrected chi connectivity index (χ4v) is 3.65. The molecule has 9 nitrogen and oxygen atoms in total. The molecule has 25 heavy (non-hydrogen) atoms. The first-order chi connectivity index (χ1) is 12.2. The van der Waals surface area contributed by atoms with Gasteiger partial charge in [0.15, 0.2) is 23.2 Å². The third-order valence-corrected chi connectivity index (χ3v) is 5.04. The Bertz CT molecular complexity index is 730. The molecular formula is C16H23N5O4. The van der Waals surface area contributed by atoms with Gasteiger partial charge in [-0.05, 0) is 25.7 Å². The largest absolute Gasteiger partial charge is 0.394 e. The summed E-state index contributed by atoms with van der Waals surface area (Å²) in [6.45, 7) is -0.129. The molecule has 3 atom stereocenters. The second kappa shape index (κ2) is 6.83. The first-order valence-corrected chi connectivity index (χ1v) is 8.72. The average molecular weight is 349 g/mol. The van der Waals surface area contributed by atoms with Crippen molar-refractivity contribution in [1.29, 1.82) is 0 Å². The highest BCUT2D eigenvalue weighted by Crippen LogP contribution is 2.32. The zero-order valence-electron chi connectivity index (χ0n) is 13.8. The summed E-state index contributed by atoms with van der Waals surface area (Å²) in [6.07, 6.45) is 4.83. The molecule has 0 aromatic carbocycles. The number of rotatable bonds is 4. The lowest BCUT2D eigenvalue weighted by molar-refractivity contribution is -0.0486. The summed E-state index contributed by atoms with van der Waals surface area (Å²) in [4.78, 5) is 13.0. The SMILES string of the molecule is OC[C@@H]1C[C@@H](O)[C@H](n2cnc3c(NC4CCC(O)CC4)ncnc32)O1. The number of hydrogen-bond acceptors (Lipinski definition) is 8. The Labute approximate surface area is 144 Å². The van der Waals surface area contributed by atoms with Crippen molar-refractivity contribution in [3.05, 3.63) is 12.7 Å². The molecule has 136 valence electrons. The molecule has 0 amide bonds. The molecule has 0 bridgehead atoms. The normalized spacial score (nSPS) is 33.0. The predicted octanol–water partition coefficient (Wildman–Crippen LogP) is 0.182. The molecule has 2 aliphatic rings. The van der Waals surface area contributed by atoms with Crippen molar-refractivity contribution < 1.29 is 20.1 Å². The van der Waals surface area contributed by atoms with Crippen LogP contribution in [0.3, 0.4) is 0 Å². The van der Waals surface area contributed by atoms with Crippen LogP contribution in [0.4, 0.5) is 5.82 Å². The van der Waals surface area contributed by atoms with Gasteiger partial charge in [-0.2, -0.15) is 0 Å². The summed E-state index contributed by atoms with van der Waals surface area (Å²) in [5.74, 6) is 0.649. The summed E-state index contributed by atoms with van der Waals surface area (Å²) in [5.41, 5.74) is 1.20. The molecule has 4 N–H and O–H groups in total. The van der Waals surface area contributed by atoms with E-state index in [9.17, 15) is 15.3 Å². The van der Waals surface area contributed by atoms with Crippen LogP contribution in [-0.2, 0) is 4.74 Å². The van der Waals surface area contributed by atoms with Gasteiger partial charge in [-0.25, -0.2) is 15.0 Å². The summed E-state index contributed by atoms with van der Waals surface area (Å²) in [6, 6.07) is 0.249. The summed E-state index contributed by atoms with van der Waals surface area (Å²) in [5, 5.41) is 32.5. The minimum Gasteiger partial charge on any atom is -0.394 e. The Morgan fingerprint density at radius 3 is 2.68 bits per heavy atom. The topological polar surface area (TPSA) is 126 Å². The fraction of sp³-hybridized carbons (Fsp3) is 0.688. The first kappa shape index (κ1) is 16.6. The second-order valence-corrected chi connectivity index (χ2v) is 6.83. The number of hydrogen-bond donors (Lipinski definition) is 4. The monoisotopic (exact) mass is 349 g/mol. The molecule has 1 aliphatic heterocycles. The zero-order valence-corrected chi connectivity index (χ0v) is 13.8. The van der Waals surface area contributed by atoms with E-state index in [2.05, 4.69) is 20.3 Å². The highest BCUT2D eigenvalue weighted by atomic mass is 16.5. The van der Waals surface area contributed by atoms with Crippen LogP contribution >= 0.6 is 0 Å². The van der Waals surface area contributed by atoms with Gasteiger partial charge in [-0.3, -0.25) is 4.57 Å². The van der Waals surface area contributed by atoms with E-state index in [-0.39, 0.29) is 24.9 Å². The van der Waals surface area contributed by atoms with Gasteiger partial charge in [-0.15, -0.1) is 0 Å². The average Bonchev–Trinajstić information content (AvgIpc) is 3.20. The van der Waals surface area contributed by atoms with Gasteiger partial charge < -0.3 is 25.4 Å². The van der Waals surface area contributed by atoms with Gasteiger partial charge in [0.05, 0.1) is 25.1 Å². The van der Waals surface area contributed by atoms with Gasteiger partial charge in [-0.1, -0.05) is 0 Å². The molecule has 1 aliphatic carbocycles. The minimum absolute atomic E-state index is 0.129. The number of ether oxygens (including phenoxy) is 1. The number of nitrogens with one attached hydrogen (secondary N) is 1. The Balaban J connectivity index is 1.58. The number of aromatic nitrogens is 4. The summed E-state index contributed by atoms with van der Waals surface area (Å²) < 4.78 is 7.38. The molecule has 0 unspecified atom stereocenters. The Morgan fingerprint density at radius 2 is 1.96 bits per heavy atom. The smallest absolute Gasteiger partial charge is 0.167 e. The highest BCUT2D eigenvalue weighted by Gasteiger charge is 2.36. The lowest BCUT2D eigenvalue weighted by atomic mass is 9.93. The van der Waals surface area contributed by atoms with Gasteiger partial charge in [0.1, 0.15) is 12.4 Å². The molecule has 3 heterocycles. The molecule has 2 aromatic heterocycles. The second-order valence-electron chi connectivity index (χ2n) is 6.83. The molecule has 0 spiro atoms. The number of aliphatic hydroxyl groups is 3. The number of imidazole rings is 1. The van der Waals surface area contributed by atoms with E-state index in [4.69, 9.17) is 4.74 Å². The van der Waals surface area contributed by atoms with Gasteiger partial charge in [0.25, 0.3) is 0 Å². The molecular weight excluding hydrogens is 326 g/mol. The van der Waals surface area contributed by atoms with E-state index in [1.165, 1.54) is 6.33 Å². The van der Waals surface area contributed by atoms with Crippen molar-refractivity contribution in [2.75, 3.05) is 11.9 Å². The molecule has 9 heteroatoms. The lowest BCUT2D eigenvalue weighted by Crippen LogP contribution is -2.28. The maximum Gasteiger partial charge on any atom is 0.167 e. The maximum absolute atomic E-state index is 10.2. The van der Waals surface area contributed by atoms with Crippen molar-refractivity contribution in [3.8, 4) is 0 Å². The minimum atomic E-state index is -0.722. The molecule has 1 saturated carbocycles. The molecule has 0 radical (unpaired) electrons. The van der Waals surface area contributed by atoms with E-state index < -0.39 is 12.3 Å². The third kappa shape index (κ3) is 3.20. The quantitative estimate of drug-likeness (QED) is 0.616. The van der Waals surface area contributed by atoms with Gasteiger partial charge >= 0.3 is 0 Å². The number of fused-ring (bicyclic) bond motifs is 1. The number of aliphatic hydroxyl groups excluding tert-OH is 3. The predicted molar refractivity (Wildman–Crippen MR) is 88.8 cm³/mol. The standard InChI is InChI=1S/C16H23N5O4/c22-6-11-5-12(24)16(25-11)21-8-19-13-14(17-7-18-15(13)21)20-9-1-3-10(23)4-2-9/h7-12,16,22-24H,1-6H2,(H,17,18,20)/t9?,10?,11-,12+,16+/m0/s1. The highest BCUT2D eigenvalue weighted by molar-refractivity contribution is 5.82. The van der Waals surface area contributed by atoms with Crippen molar-refractivity contribution >= 4 is 17.0 Å². The van der Waals surface area contributed by atoms with Crippen LogP contribution in [0.5, 0.6) is 0 Å². The Kier molecular flexibility index (Phi) is 4.55. The van der Waals surface area contributed by atoms with Crippen LogP contribution in [0.15, 0.2) is 12.7 Å². The number of nitrogens with zero attached hydrogens (tertiary/aromatic N) is 4. The molecule has 4 rings (SSSR count). The van der Waals surface area contributed by atoms with Crippen LogP contribution in [0.1, 0.15) is 38.3 Å². The molecule has 2 aromatic rings. The van der Waals surface area contributed by atoms with Crippen LogP contribution in [0.2, 0.25) is 0 Å². The third-order valence-electron chi connectivity index (χ3n) is 5.04. The van der Waals surface area contributed by atoms with Crippen LogP contribution in [-0.4, -0.2) is 65.8 Å². The van der Waals surface area contributed by atoms with Crippen molar-refractivity contribution in [3.63, 3.8) is 0 Å². The van der Waals surface area contributed by atoms with Crippen molar-refractivity contribution in [2.24, 2.45) is 0 Å². The zero-order chi connectivity index (χ0) is 17.4. The number of anilines is 1. The van der Waals surface area contributed by atoms with Crippen molar-refractivity contribution in [2.45, 2.75) is 62.7 Å². The van der Waals surface area contributed by atoms with E-state index in [1.807, 2.05) is 0 Å². The Hall–Kier alpha value is -1.81. The van der Waals surface area contributed by atoms with Crippen LogP contribution < -0.4 is 5.32 Å². The van der Waals surface area contributed by atoms with Crippen LogP contribution in [0.25, 0.3) is 11.2 Å². The van der Waals surface area contributed by atoms with Gasteiger partial charge in [0, 0.05) is 12.5 Å². The van der Waals surface area contributed by atoms with E-state index in [0.717, 1.165) is 25.7 Å². The fourth-order valence-electron chi connectivity index (χ4n) is 3.65. The Morgan fingerprint density at radius 1 is 1.16 bits per heavy atom. The first-order valence-electron chi connectivity index (χ1n) is 8.72. The van der Waals surface area contributed by atoms with E-state index >= 15 is 0 Å². The summed E-state index contributed by atoms with van der Waals surface area (Å²) >= 11 is 0. The molecule has 1 saturated heterocycles. The van der Waals surface area contributed by atoms with Crippen molar-refractivity contribution in [1.82, 2.24) is 19.5 Å². The maximum atomic E-state index is 10.2.